The van der Waals surface area contributed by atoms with Gasteiger partial charge in [-0.1, -0.05) is 285 Å². The Morgan fingerprint density at radius 3 is 1.09 bits per heavy atom. The highest BCUT2D eigenvalue weighted by atomic mass is 28.3. The van der Waals surface area contributed by atoms with Crippen molar-refractivity contribution in [2.45, 2.75) is 0 Å². The van der Waals surface area contributed by atoms with Crippen molar-refractivity contribution in [2.75, 3.05) is 0 Å². The van der Waals surface area contributed by atoms with Gasteiger partial charge in [0, 0.05) is 16.3 Å². The smallest absolute Gasteiger partial charge is 0.180 e. The second kappa shape index (κ2) is 17.9. The van der Waals surface area contributed by atoms with Crippen LogP contribution in [0.2, 0.25) is 0 Å². The van der Waals surface area contributed by atoms with Crippen LogP contribution >= 0.6 is 0 Å². The van der Waals surface area contributed by atoms with Gasteiger partial charge in [0.25, 0.3) is 0 Å². The Hall–Kier alpha value is -9.72. The molecule has 13 aromatic carbocycles. The lowest BCUT2D eigenvalue weighted by Crippen LogP contribution is -2.72. The number of benzene rings is 13. The van der Waals surface area contributed by atoms with Crippen molar-refractivity contribution in [1.29, 1.82) is 0 Å². The van der Waals surface area contributed by atoms with Gasteiger partial charge in [-0.15, -0.1) is 0 Å². The van der Waals surface area contributed by atoms with Crippen molar-refractivity contribution in [1.82, 2.24) is 9.55 Å². The van der Waals surface area contributed by atoms with Crippen LogP contribution in [0.3, 0.4) is 0 Å². The third kappa shape index (κ3) is 6.47. The Bertz CT molecular complexity index is 4390. The molecule has 2 aliphatic heterocycles. The number of aromatic nitrogens is 2. The fraction of sp³-hybridized carbons (Fsp3) is 0. The van der Waals surface area contributed by atoms with Crippen LogP contribution in [0.1, 0.15) is 0 Å². The van der Waals surface area contributed by atoms with E-state index in [1.807, 2.05) is 0 Å². The molecule has 0 spiro atoms. The third-order valence-electron chi connectivity index (χ3n) is 17.4. The molecule has 1 aromatic heterocycles. The molecule has 2 nitrogen and oxygen atoms in total. The molecule has 0 saturated heterocycles. The Morgan fingerprint density at radius 2 is 0.620 bits per heavy atom. The zero-order chi connectivity index (χ0) is 52.1. The van der Waals surface area contributed by atoms with Gasteiger partial charge in [-0.25, -0.2) is 4.98 Å². The van der Waals surface area contributed by atoms with Crippen molar-refractivity contribution in [3.05, 3.63) is 303 Å². The molecule has 368 valence electrons. The Morgan fingerprint density at radius 1 is 0.266 bits per heavy atom. The number of fused-ring (bicyclic) bond motifs is 9. The minimum atomic E-state index is -2.79. The number of nitrogens with zero attached hydrogens (tertiary/aromatic N) is 2. The van der Waals surface area contributed by atoms with Crippen molar-refractivity contribution >= 4 is 90.2 Å². The van der Waals surface area contributed by atoms with Crippen LogP contribution in [0, 0.1) is 0 Å². The highest BCUT2D eigenvalue weighted by molar-refractivity contribution is 7.23. The Labute approximate surface area is 461 Å². The minimum absolute atomic E-state index is 0.915. The van der Waals surface area contributed by atoms with Gasteiger partial charge >= 0.3 is 0 Å². The maximum Gasteiger partial charge on any atom is 0.180 e. The molecule has 0 atom stereocenters. The summed E-state index contributed by atoms with van der Waals surface area (Å²) in [5.41, 5.74) is 14.4. The van der Waals surface area contributed by atoms with Crippen molar-refractivity contribution in [2.24, 2.45) is 0 Å². The molecular weight excluding hydrogens is 985 g/mol. The maximum absolute atomic E-state index is 5.50. The highest BCUT2D eigenvalue weighted by Gasteiger charge is 2.51. The maximum atomic E-state index is 5.50. The summed E-state index contributed by atoms with van der Waals surface area (Å²) < 4.78 is 2.46. The van der Waals surface area contributed by atoms with E-state index in [9.17, 15) is 0 Å². The summed E-state index contributed by atoms with van der Waals surface area (Å²) in [6.45, 7) is 0. The van der Waals surface area contributed by atoms with E-state index >= 15 is 0 Å². The van der Waals surface area contributed by atoms with Gasteiger partial charge in [0.05, 0.1) is 16.7 Å². The van der Waals surface area contributed by atoms with Crippen LogP contribution in [0.5, 0.6) is 0 Å². The van der Waals surface area contributed by atoms with Gasteiger partial charge in [0.15, 0.2) is 16.1 Å². The number of hydrogen-bond acceptors (Lipinski definition) is 1. The van der Waals surface area contributed by atoms with Crippen molar-refractivity contribution in [3.8, 4) is 61.6 Å². The van der Waals surface area contributed by atoms with Crippen LogP contribution in [-0.4, -0.2) is 25.7 Å². The van der Waals surface area contributed by atoms with E-state index in [1.165, 1.54) is 108 Å². The van der Waals surface area contributed by atoms with E-state index in [0.717, 1.165) is 28.1 Å². The normalized spacial score (nSPS) is 13.5. The lowest BCUT2D eigenvalue weighted by molar-refractivity contribution is 1.13. The van der Waals surface area contributed by atoms with Gasteiger partial charge in [0.2, 0.25) is 0 Å². The first-order valence-electron chi connectivity index (χ1n) is 27.5. The number of para-hydroxylation sites is 2. The predicted molar refractivity (Wildman–Crippen MR) is 338 cm³/mol. The standard InChI is InChI=1S/C75H50N2Si2/c1-6-26-51(27-7-1)75-76-66-44-18-19-45-67(66)77(75)74-60-42-22-38-56(58-40-24-48-70-72(58)62-36-16-20-46-68(62)78(70,52-28-8-2-9-29-52)53-30-10-3-11-31-53)64(60)50-65-57(39-23-43-61(65)74)59-41-25-49-71-73(59)63-37-17-21-47-69(63)79(71,54-32-12-4-13-33-54)55-34-14-5-15-35-55/h1-50H. The molecule has 4 heteroatoms. The largest absolute Gasteiger partial charge is 0.291 e. The summed E-state index contributed by atoms with van der Waals surface area (Å²) in [4.78, 5) is 5.50. The molecule has 3 heterocycles. The number of imidazole rings is 1. The molecule has 14 aromatic rings. The molecule has 16 rings (SSSR count). The van der Waals surface area contributed by atoms with E-state index in [2.05, 4.69) is 308 Å². The van der Waals surface area contributed by atoms with Gasteiger partial charge in [-0.05, 0) is 115 Å². The zero-order valence-electron chi connectivity index (χ0n) is 43.3. The quantitative estimate of drug-likeness (QED) is 0.110. The zero-order valence-corrected chi connectivity index (χ0v) is 45.3. The van der Waals surface area contributed by atoms with E-state index in [-0.39, 0.29) is 0 Å². The lowest BCUT2D eigenvalue weighted by Gasteiger charge is -2.31. The molecule has 0 radical (unpaired) electrons. The first-order valence-corrected chi connectivity index (χ1v) is 31.5. The molecule has 0 fully saturated rings. The SMILES string of the molecule is c1ccc(-c2nc3ccccc3n2-c2c3cccc(-c4cccc5c4-c4ccccc4[Si]5(c4ccccc4)c4ccccc4)c3cc3c(-c4cccc5c4-c4ccccc4[Si]5(c4ccccc4)c4ccccc4)cccc23)cc1. The number of rotatable bonds is 8. The Kier molecular flexibility index (Phi) is 10.3. The van der Waals surface area contributed by atoms with E-state index < -0.39 is 16.1 Å². The first kappa shape index (κ1) is 45.5. The minimum Gasteiger partial charge on any atom is -0.291 e. The summed E-state index contributed by atoms with van der Waals surface area (Å²) in [5.74, 6) is 0.915. The first-order chi connectivity index (χ1) is 39.2. The average Bonchev–Trinajstić information content (AvgIpc) is 3.47. The fourth-order valence-electron chi connectivity index (χ4n) is 14.3. The third-order valence-corrected chi connectivity index (χ3v) is 27.1. The molecule has 0 bridgehead atoms. The Balaban J connectivity index is 1.04. The molecule has 79 heavy (non-hydrogen) atoms. The predicted octanol–water partition coefficient (Wildman–Crippen LogP) is 13.0. The van der Waals surface area contributed by atoms with Crippen LogP contribution < -0.4 is 41.5 Å². The van der Waals surface area contributed by atoms with Crippen LogP contribution in [-0.2, 0) is 0 Å². The van der Waals surface area contributed by atoms with Gasteiger partial charge < -0.3 is 0 Å². The monoisotopic (exact) mass is 1030 g/mol. The summed E-state index contributed by atoms with van der Waals surface area (Å²) in [6.07, 6.45) is 0. The van der Waals surface area contributed by atoms with Crippen LogP contribution in [0.25, 0.3) is 94.2 Å². The van der Waals surface area contributed by atoms with Gasteiger partial charge in [0.1, 0.15) is 5.82 Å². The summed E-state index contributed by atoms with van der Waals surface area (Å²) in [6, 6.07) is 114. The summed E-state index contributed by atoms with van der Waals surface area (Å²) in [5, 5.41) is 16.0. The lowest BCUT2D eigenvalue weighted by atomic mass is 9.87. The summed E-state index contributed by atoms with van der Waals surface area (Å²) in [7, 11) is -5.59. The second-order valence-corrected chi connectivity index (χ2v) is 28.6. The van der Waals surface area contributed by atoms with E-state index in [1.54, 1.807) is 0 Å². The van der Waals surface area contributed by atoms with Gasteiger partial charge in [-0.2, -0.15) is 0 Å². The second-order valence-electron chi connectivity index (χ2n) is 21.2. The molecular formula is C75H50N2Si2. The van der Waals surface area contributed by atoms with Crippen molar-refractivity contribution in [3.63, 3.8) is 0 Å². The molecule has 2 aliphatic rings. The average molecular weight is 1040 g/mol. The topological polar surface area (TPSA) is 17.8 Å². The number of hydrogen-bond donors (Lipinski definition) is 0. The molecule has 0 saturated carbocycles. The van der Waals surface area contributed by atoms with Crippen LogP contribution in [0.4, 0.5) is 0 Å². The molecule has 0 aliphatic carbocycles. The fourth-order valence-corrected chi connectivity index (χ4v) is 24.7. The molecule has 0 unspecified atom stereocenters. The van der Waals surface area contributed by atoms with Gasteiger partial charge in [-0.3, -0.25) is 4.57 Å². The molecule has 0 N–H and O–H groups in total. The van der Waals surface area contributed by atoms with E-state index in [4.69, 9.17) is 4.98 Å². The van der Waals surface area contributed by atoms with Crippen molar-refractivity contribution < 1.29 is 0 Å². The molecule has 0 amide bonds. The highest BCUT2D eigenvalue weighted by Crippen LogP contribution is 2.47. The van der Waals surface area contributed by atoms with Crippen LogP contribution in [0.15, 0.2) is 303 Å². The van der Waals surface area contributed by atoms with E-state index in [0.29, 0.717) is 0 Å². The summed E-state index contributed by atoms with van der Waals surface area (Å²) >= 11 is 0.